The van der Waals surface area contributed by atoms with Gasteiger partial charge in [-0.05, 0) is 77.5 Å². The summed E-state index contributed by atoms with van der Waals surface area (Å²) < 4.78 is 5.25. The van der Waals surface area contributed by atoms with E-state index in [1.807, 2.05) is 26.0 Å². The molecule has 9 nitrogen and oxygen atoms in total. The second-order valence-corrected chi connectivity index (χ2v) is 14.0. The second kappa shape index (κ2) is 12.5. The van der Waals surface area contributed by atoms with E-state index in [-0.39, 0.29) is 24.8 Å². The highest BCUT2D eigenvalue weighted by Gasteiger charge is 2.50. The Balaban J connectivity index is 1.57. The monoisotopic (exact) mass is 593 g/mol. The maximum absolute atomic E-state index is 13.5. The first-order valence-electron chi connectivity index (χ1n) is 14.7. The van der Waals surface area contributed by atoms with Crippen LogP contribution in [-0.4, -0.2) is 69.9 Å². The number of carbonyl (C=O) groups excluding carboxylic acids is 3. The zero-order valence-corrected chi connectivity index (χ0v) is 26.3. The van der Waals surface area contributed by atoms with Crippen LogP contribution in [0.4, 0.5) is 4.79 Å². The van der Waals surface area contributed by atoms with Crippen LogP contribution in [0.5, 0.6) is 0 Å². The minimum Gasteiger partial charge on any atom is -0.444 e. The fourth-order valence-corrected chi connectivity index (χ4v) is 6.27. The molecule has 2 aliphatic rings. The summed E-state index contributed by atoms with van der Waals surface area (Å²) in [5.41, 5.74) is -2.81. The van der Waals surface area contributed by atoms with Crippen molar-refractivity contribution in [3.05, 3.63) is 34.9 Å². The third-order valence-corrected chi connectivity index (χ3v) is 9.14. The lowest BCUT2D eigenvalue weighted by Crippen LogP contribution is -2.58. The average Bonchev–Trinajstić information content (AvgIpc) is 3.25. The molecule has 4 N–H and O–H groups in total. The van der Waals surface area contributed by atoms with Crippen molar-refractivity contribution in [3.8, 4) is 0 Å². The van der Waals surface area contributed by atoms with Crippen molar-refractivity contribution < 1.29 is 29.3 Å². The second-order valence-electron chi connectivity index (χ2n) is 13.6. The Morgan fingerprint density at radius 1 is 1.12 bits per heavy atom. The van der Waals surface area contributed by atoms with Gasteiger partial charge in [-0.2, -0.15) is 0 Å². The molecule has 1 saturated carbocycles. The number of nitrogens with one attached hydrogen (secondary N) is 2. The van der Waals surface area contributed by atoms with E-state index >= 15 is 0 Å². The summed E-state index contributed by atoms with van der Waals surface area (Å²) in [6.07, 6.45) is 1.74. The molecule has 0 spiro atoms. The lowest BCUT2D eigenvalue weighted by molar-refractivity contribution is -0.157. The van der Waals surface area contributed by atoms with Crippen LogP contribution in [0.25, 0.3) is 0 Å². The molecule has 1 heterocycles. The molecule has 0 radical (unpaired) electrons. The van der Waals surface area contributed by atoms with Crippen molar-refractivity contribution in [2.24, 2.45) is 17.3 Å². The Kier molecular flexibility index (Phi) is 10.1. The minimum atomic E-state index is -1.24. The first-order chi connectivity index (χ1) is 18.9. The molecule has 230 valence electrons. The number of alkyl carbamates (subject to hydrolysis) is 1. The summed E-state index contributed by atoms with van der Waals surface area (Å²) in [6, 6.07) is 6.73. The Labute approximate surface area is 249 Å². The highest BCUT2D eigenvalue weighted by Crippen LogP contribution is 2.46. The largest absolute Gasteiger partial charge is 0.444 e. The van der Waals surface area contributed by atoms with Gasteiger partial charge in [0, 0.05) is 36.1 Å². The molecule has 3 unspecified atom stereocenters. The van der Waals surface area contributed by atoms with Gasteiger partial charge in [0.1, 0.15) is 5.60 Å². The predicted molar refractivity (Wildman–Crippen MR) is 158 cm³/mol. The minimum absolute atomic E-state index is 0.0905. The van der Waals surface area contributed by atoms with Crippen molar-refractivity contribution in [1.82, 2.24) is 15.5 Å². The summed E-state index contributed by atoms with van der Waals surface area (Å²) in [4.78, 5) is 40.6. The van der Waals surface area contributed by atoms with E-state index in [0.29, 0.717) is 43.8 Å². The van der Waals surface area contributed by atoms with E-state index in [9.17, 15) is 24.6 Å². The molecule has 0 bridgehead atoms. The Hall–Kier alpha value is -2.36. The number of carbonyl (C=O) groups is 3. The molecule has 1 aliphatic heterocycles. The first kappa shape index (κ1) is 33.1. The van der Waals surface area contributed by atoms with Crippen molar-refractivity contribution in [3.63, 3.8) is 0 Å². The van der Waals surface area contributed by atoms with Gasteiger partial charge in [0.25, 0.3) is 0 Å². The van der Waals surface area contributed by atoms with Crippen LogP contribution in [0.2, 0.25) is 5.02 Å². The van der Waals surface area contributed by atoms with Gasteiger partial charge in [-0.3, -0.25) is 9.59 Å². The standard InChI is InChI=1S/C31H48ClN3O6/c1-20(26(37)35-18-16-31(40,29(6,7)19-35)22-10-12-23(32)13-11-22)21(2)34-25(36)24-9-8-14-30(24,39)15-17-33-27(38)41-28(3,4)5/h10-13,20-21,24,39-40H,8-9,14-19H2,1-7H3,(H,33,38)(H,34,36)/t20-,21?,24?,30?,31+/m1/s1. The summed E-state index contributed by atoms with van der Waals surface area (Å²) in [7, 11) is 0. The zero-order valence-electron chi connectivity index (χ0n) is 25.6. The third kappa shape index (κ3) is 7.73. The molecule has 1 aliphatic carbocycles. The highest BCUT2D eigenvalue weighted by molar-refractivity contribution is 6.30. The zero-order chi connectivity index (χ0) is 30.8. The van der Waals surface area contributed by atoms with Gasteiger partial charge < -0.3 is 30.5 Å². The highest BCUT2D eigenvalue weighted by atomic mass is 35.5. The number of halogens is 1. The number of hydrogen-bond acceptors (Lipinski definition) is 6. The average molecular weight is 594 g/mol. The number of rotatable bonds is 8. The fourth-order valence-electron chi connectivity index (χ4n) is 6.15. The number of ether oxygens (including phenoxy) is 1. The van der Waals surface area contributed by atoms with Crippen LogP contribution < -0.4 is 10.6 Å². The van der Waals surface area contributed by atoms with E-state index in [1.165, 1.54) is 0 Å². The van der Waals surface area contributed by atoms with E-state index in [2.05, 4.69) is 10.6 Å². The Bertz CT molecular complexity index is 1100. The molecule has 41 heavy (non-hydrogen) atoms. The topological polar surface area (TPSA) is 128 Å². The molecule has 5 atom stereocenters. The van der Waals surface area contributed by atoms with E-state index < -0.39 is 46.2 Å². The van der Waals surface area contributed by atoms with Crippen molar-refractivity contribution in [2.75, 3.05) is 19.6 Å². The van der Waals surface area contributed by atoms with Crippen molar-refractivity contribution in [1.29, 1.82) is 0 Å². The number of hydrogen-bond donors (Lipinski definition) is 4. The molecular weight excluding hydrogens is 546 g/mol. The number of aliphatic hydroxyl groups is 2. The molecular formula is C31H48ClN3O6. The van der Waals surface area contributed by atoms with Crippen LogP contribution in [0.1, 0.15) is 86.1 Å². The normalized spacial score (nSPS) is 27.6. The molecule has 0 aromatic heterocycles. The summed E-state index contributed by atoms with van der Waals surface area (Å²) in [5.74, 6) is -1.51. The van der Waals surface area contributed by atoms with E-state index in [1.54, 1.807) is 51.7 Å². The first-order valence-corrected chi connectivity index (χ1v) is 15.0. The van der Waals surface area contributed by atoms with Gasteiger partial charge in [0.05, 0.1) is 23.0 Å². The number of piperidine rings is 1. The van der Waals surface area contributed by atoms with Gasteiger partial charge in [-0.1, -0.05) is 44.5 Å². The van der Waals surface area contributed by atoms with Crippen LogP contribution in [0, 0.1) is 17.3 Å². The molecule has 1 aromatic carbocycles. The molecule has 10 heteroatoms. The summed E-state index contributed by atoms with van der Waals surface area (Å²) in [5, 5.41) is 29.2. The van der Waals surface area contributed by atoms with Crippen LogP contribution >= 0.6 is 11.6 Å². The van der Waals surface area contributed by atoms with E-state index in [4.69, 9.17) is 16.3 Å². The lowest BCUT2D eigenvalue weighted by Gasteiger charge is -2.51. The molecule has 3 amide bonds. The maximum atomic E-state index is 13.5. The van der Waals surface area contributed by atoms with Crippen molar-refractivity contribution in [2.45, 2.75) is 103 Å². The molecule has 2 fully saturated rings. The number of amides is 3. The fraction of sp³-hybridized carbons (Fsp3) is 0.710. The van der Waals surface area contributed by atoms with Gasteiger partial charge >= 0.3 is 6.09 Å². The van der Waals surface area contributed by atoms with Crippen LogP contribution in [-0.2, 0) is 19.9 Å². The van der Waals surface area contributed by atoms with Gasteiger partial charge in [-0.25, -0.2) is 4.79 Å². The Morgan fingerprint density at radius 2 is 1.76 bits per heavy atom. The maximum Gasteiger partial charge on any atom is 0.407 e. The van der Waals surface area contributed by atoms with Gasteiger partial charge in [-0.15, -0.1) is 0 Å². The van der Waals surface area contributed by atoms with Crippen molar-refractivity contribution >= 4 is 29.5 Å². The quantitative estimate of drug-likeness (QED) is 0.354. The predicted octanol–water partition coefficient (Wildman–Crippen LogP) is 4.37. The van der Waals surface area contributed by atoms with E-state index in [0.717, 1.165) is 5.56 Å². The molecule has 1 aromatic rings. The Morgan fingerprint density at radius 3 is 2.34 bits per heavy atom. The van der Waals surface area contributed by atoms with Crippen LogP contribution in [0.15, 0.2) is 24.3 Å². The van der Waals surface area contributed by atoms with Gasteiger partial charge in [0.15, 0.2) is 0 Å². The lowest BCUT2D eigenvalue weighted by atomic mass is 9.66. The SMILES string of the molecule is CC(NC(=O)C1CCCC1(O)CCNC(=O)OC(C)(C)C)[C@@H](C)C(=O)N1CC[C@](O)(c2ccc(Cl)cc2)C(C)(C)C1. The third-order valence-electron chi connectivity index (χ3n) is 8.89. The van der Waals surface area contributed by atoms with Crippen LogP contribution in [0.3, 0.4) is 0 Å². The molecule has 1 saturated heterocycles. The summed E-state index contributed by atoms with van der Waals surface area (Å²) in [6.45, 7) is 13.8. The number of likely N-dealkylation sites (tertiary alicyclic amines) is 1. The number of benzene rings is 1. The molecule has 3 rings (SSSR count). The summed E-state index contributed by atoms with van der Waals surface area (Å²) >= 11 is 6.04. The van der Waals surface area contributed by atoms with Gasteiger partial charge in [0.2, 0.25) is 11.8 Å². The smallest absolute Gasteiger partial charge is 0.407 e. The number of nitrogens with zero attached hydrogens (tertiary/aromatic N) is 1.